The number of carbonyl (C=O) groups excluding carboxylic acids is 1. The summed E-state index contributed by atoms with van der Waals surface area (Å²) < 4.78 is 17.4. The van der Waals surface area contributed by atoms with Gasteiger partial charge in [-0.15, -0.1) is 0 Å². The molecule has 0 saturated carbocycles. The van der Waals surface area contributed by atoms with Crippen LogP contribution in [0.2, 0.25) is 10.0 Å². The smallest absolute Gasteiger partial charge is 0.363 e. The number of nitrogens with zero attached hydrogens (tertiary/aromatic N) is 1. The molecule has 4 rings (SSSR count). The van der Waals surface area contributed by atoms with Gasteiger partial charge in [-0.3, -0.25) is 0 Å². The predicted octanol–water partition coefficient (Wildman–Crippen LogP) is 6.69. The molecule has 0 bridgehead atoms. The third-order valence-electron chi connectivity index (χ3n) is 4.56. The van der Waals surface area contributed by atoms with E-state index in [1.807, 2.05) is 36.4 Å². The van der Waals surface area contributed by atoms with Crippen molar-refractivity contribution in [3.05, 3.63) is 97.6 Å². The van der Waals surface area contributed by atoms with Crippen molar-refractivity contribution in [2.45, 2.75) is 6.61 Å². The maximum atomic E-state index is 12.4. The molecular weight excluding hydrogens is 517 g/mol. The number of aliphatic imine (C=N–C) groups is 1. The molecular formula is C24H16BrCl2NO4. The van der Waals surface area contributed by atoms with Crippen LogP contribution >= 0.6 is 39.1 Å². The highest BCUT2D eigenvalue weighted by molar-refractivity contribution is 9.10. The van der Waals surface area contributed by atoms with Crippen LogP contribution < -0.4 is 9.47 Å². The van der Waals surface area contributed by atoms with Crippen LogP contribution in [-0.4, -0.2) is 19.0 Å². The number of esters is 1. The van der Waals surface area contributed by atoms with Gasteiger partial charge in [0.15, 0.2) is 17.2 Å². The van der Waals surface area contributed by atoms with E-state index >= 15 is 0 Å². The molecule has 0 spiro atoms. The largest absolute Gasteiger partial charge is 0.493 e. The van der Waals surface area contributed by atoms with Gasteiger partial charge >= 0.3 is 5.97 Å². The quantitative estimate of drug-likeness (QED) is 0.262. The summed E-state index contributed by atoms with van der Waals surface area (Å²) in [5, 5.41) is 0.820. The summed E-state index contributed by atoms with van der Waals surface area (Å²) in [7, 11) is 1.55. The number of halogens is 3. The van der Waals surface area contributed by atoms with Crippen LogP contribution in [0, 0.1) is 0 Å². The van der Waals surface area contributed by atoms with Crippen molar-refractivity contribution in [2.24, 2.45) is 4.99 Å². The minimum Gasteiger partial charge on any atom is -0.493 e. The van der Waals surface area contributed by atoms with Crippen molar-refractivity contribution in [2.75, 3.05) is 7.11 Å². The molecule has 0 amide bonds. The molecule has 5 nitrogen and oxygen atoms in total. The number of cyclic esters (lactones) is 1. The van der Waals surface area contributed by atoms with Crippen LogP contribution in [0.5, 0.6) is 11.5 Å². The molecule has 0 N–H and O–H groups in total. The molecule has 0 unspecified atom stereocenters. The Morgan fingerprint density at radius 1 is 1.09 bits per heavy atom. The van der Waals surface area contributed by atoms with E-state index < -0.39 is 5.97 Å². The molecule has 0 fully saturated rings. The molecule has 3 aromatic carbocycles. The van der Waals surface area contributed by atoms with Crippen molar-refractivity contribution in [1.82, 2.24) is 0 Å². The fourth-order valence-corrected chi connectivity index (χ4v) is 4.10. The number of ether oxygens (including phenoxy) is 3. The molecule has 0 aromatic heterocycles. The topological polar surface area (TPSA) is 57.1 Å². The van der Waals surface area contributed by atoms with Gasteiger partial charge in [-0.25, -0.2) is 9.79 Å². The summed E-state index contributed by atoms with van der Waals surface area (Å²) in [6.07, 6.45) is 1.60. The van der Waals surface area contributed by atoms with Gasteiger partial charge in [0.25, 0.3) is 0 Å². The van der Waals surface area contributed by atoms with Crippen LogP contribution in [0.4, 0.5) is 0 Å². The van der Waals surface area contributed by atoms with Gasteiger partial charge in [0.2, 0.25) is 5.90 Å². The van der Waals surface area contributed by atoms with E-state index in [2.05, 4.69) is 20.9 Å². The van der Waals surface area contributed by atoms with Gasteiger partial charge in [0, 0.05) is 5.02 Å². The van der Waals surface area contributed by atoms with Gasteiger partial charge < -0.3 is 14.2 Å². The van der Waals surface area contributed by atoms with Crippen molar-refractivity contribution >= 4 is 57.1 Å². The van der Waals surface area contributed by atoms with Crippen LogP contribution in [0.15, 0.2) is 75.8 Å². The van der Waals surface area contributed by atoms with Gasteiger partial charge in [-0.05, 0) is 63.5 Å². The van der Waals surface area contributed by atoms with Crippen LogP contribution in [-0.2, 0) is 16.1 Å². The number of hydrogen-bond donors (Lipinski definition) is 0. The summed E-state index contributed by atoms with van der Waals surface area (Å²) in [6, 6.07) is 18.2. The van der Waals surface area contributed by atoms with Crippen LogP contribution in [0.3, 0.4) is 0 Å². The monoisotopic (exact) mass is 531 g/mol. The van der Waals surface area contributed by atoms with E-state index in [-0.39, 0.29) is 11.6 Å². The van der Waals surface area contributed by atoms with E-state index in [9.17, 15) is 4.79 Å². The van der Waals surface area contributed by atoms with Crippen molar-refractivity contribution < 1.29 is 19.0 Å². The Balaban J connectivity index is 1.61. The first-order chi connectivity index (χ1) is 15.4. The highest BCUT2D eigenvalue weighted by Gasteiger charge is 2.26. The molecule has 1 aliphatic rings. The minimum atomic E-state index is -0.578. The Kier molecular flexibility index (Phi) is 6.84. The minimum absolute atomic E-state index is 0.122. The highest BCUT2D eigenvalue weighted by atomic mass is 79.9. The maximum Gasteiger partial charge on any atom is 0.363 e. The Morgan fingerprint density at radius 2 is 1.88 bits per heavy atom. The second-order valence-electron chi connectivity index (χ2n) is 6.77. The fraction of sp³-hybridized carbons (Fsp3) is 0.0833. The molecule has 1 aliphatic heterocycles. The second kappa shape index (κ2) is 9.77. The molecule has 162 valence electrons. The molecule has 3 aromatic rings. The molecule has 32 heavy (non-hydrogen) atoms. The molecule has 8 heteroatoms. The predicted molar refractivity (Wildman–Crippen MR) is 129 cm³/mol. The second-order valence-corrected chi connectivity index (χ2v) is 8.47. The number of rotatable bonds is 6. The molecule has 0 saturated heterocycles. The lowest BCUT2D eigenvalue weighted by Gasteiger charge is -2.13. The summed E-state index contributed by atoms with van der Waals surface area (Å²) in [4.78, 5) is 16.7. The van der Waals surface area contributed by atoms with E-state index in [0.717, 1.165) is 5.56 Å². The zero-order valence-corrected chi connectivity index (χ0v) is 19.9. The van der Waals surface area contributed by atoms with E-state index in [1.54, 1.807) is 37.5 Å². The van der Waals surface area contributed by atoms with Crippen molar-refractivity contribution in [1.29, 1.82) is 0 Å². The first-order valence-corrected chi connectivity index (χ1v) is 11.0. The lowest BCUT2D eigenvalue weighted by molar-refractivity contribution is -0.129. The summed E-state index contributed by atoms with van der Waals surface area (Å²) in [5.41, 5.74) is 2.33. The number of methoxy groups -OCH3 is 1. The Morgan fingerprint density at radius 3 is 2.59 bits per heavy atom. The van der Waals surface area contributed by atoms with E-state index in [1.165, 1.54) is 0 Å². The van der Waals surface area contributed by atoms with Crippen molar-refractivity contribution in [3.63, 3.8) is 0 Å². The normalized spacial score (nSPS) is 14.3. The summed E-state index contributed by atoms with van der Waals surface area (Å²) >= 11 is 15.7. The van der Waals surface area contributed by atoms with E-state index in [4.69, 9.17) is 37.4 Å². The first kappa shape index (κ1) is 22.4. The average Bonchev–Trinajstić information content (AvgIpc) is 3.13. The fourth-order valence-electron chi connectivity index (χ4n) is 3.04. The zero-order valence-electron chi connectivity index (χ0n) is 16.8. The molecule has 0 atom stereocenters. The van der Waals surface area contributed by atoms with E-state index in [0.29, 0.717) is 43.8 Å². The number of carbonyl (C=O) groups is 1. The van der Waals surface area contributed by atoms with Crippen molar-refractivity contribution in [3.8, 4) is 11.5 Å². The van der Waals surface area contributed by atoms with Gasteiger partial charge in [0.1, 0.15) is 6.61 Å². The summed E-state index contributed by atoms with van der Waals surface area (Å²) in [6.45, 7) is 0.387. The Hall–Kier alpha value is -2.80. The Bertz CT molecular complexity index is 1240. The standard InChI is InChI=1S/C24H16BrCl2NO4/c1-30-21-11-15(9-18(25)22(21)31-13-14-5-3-2-4-6-14)10-20-24(29)32-23(28-20)17-8-7-16(26)12-19(17)27/h2-12H,13H2,1H3/b20-10-. The van der Waals surface area contributed by atoms with Gasteiger partial charge in [-0.2, -0.15) is 0 Å². The lowest BCUT2D eigenvalue weighted by Crippen LogP contribution is -2.05. The van der Waals surface area contributed by atoms with Crippen LogP contribution in [0.1, 0.15) is 16.7 Å². The molecule has 0 aliphatic carbocycles. The number of benzene rings is 3. The maximum absolute atomic E-state index is 12.4. The molecule has 0 radical (unpaired) electrons. The zero-order chi connectivity index (χ0) is 22.7. The average molecular weight is 533 g/mol. The SMILES string of the molecule is COc1cc(/C=C2\N=C(c3ccc(Cl)cc3Cl)OC2=O)cc(Br)c1OCc1ccccc1. The lowest BCUT2D eigenvalue weighted by atomic mass is 10.1. The van der Waals surface area contributed by atoms with Gasteiger partial charge in [0.05, 0.1) is 22.2 Å². The third kappa shape index (κ3) is 4.99. The van der Waals surface area contributed by atoms with Crippen LogP contribution in [0.25, 0.3) is 6.08 Å². The first-order valence-electron chi connectivity index (χ1n) is 9.47. The Labute approximate surface area is 203 Å². The molecule has 1 heterocycles. The number of hydrogen-bond acceptors (Lipinski definition) is 5. The third-order valence-corrected chi connectivity index (χ3v) is 5.70. The summed E-state index contributed by atoms with van der Waals surface area (Å²) in [5.74, 6) is 0.616. The highest BCUT2D eigenvalue weighted by Crippen LogP contribution is 2.38. The van der Waals surface area contributed by atoms with Gasteiger partial charge in [-0.1, -0.05) is 53.5 Å².